The van der Waals surface area contributed by atoms with Crippen molar-refractivity contribution in [3.8, 4) is 17.2 Å². The predicted octanol–water partition coefficient (Wildman–Crippen LogP) is 3.97. The average molecular weight is 395 g/mol. The first-order chi connectivity index (χ1) is 13.3. The zero-order valence-electron chi connectivity index (χ0n) is 15.4. The Labute approximate surface area is 160 Å². The molecule has 0 aliphatic heterocycles. The van der Waals surface area contributed by atoms with E-state index in [9.17, 15) is 18.0 Å². The molecule has 0 unspecified atom stereocenters. The normalized spacial score (nSPS) is 11.3. The molecule has 2 aromatic rings. The topological polar surface area (TPSA) is 56.8 Å². The summed E-state index contributed by atoms with van der Waals surface area (Å²) in [5, 5.41) is 2.69. The lowest BCUT2D eigenvalue weighted by atomic mass is 10.1. The van der Waals surface area contributed by atoms with Crippen LogP contribution in [0.25, 0.3) is 6.08 Å². The largest absolute Gasteiger partial charge is 0.493 e. The van der Waals surface area contributed by atoms with Crippen LogP contribution in [0, 0.1) is 0 Å². The van der Waals surface area contributed by atoms with Crippen LogP contribution in [0.1, 0.15) is 11.1 Å². The zero-order chi connectivity index (χ0) is 20.6. The number of alkyl halides is 3. The minimum Gasteiger partial charge on any atom is -0.493 e. The van der Waals surface area contributed by atoms with E-state index in [1.165, 1.54) is 32.4 Å². The van der Waals surface area contributed by atoms with E-state index in [-0.39, 0.29) is 18.2 Å². The fraction of sp³-hybridized carbons (Fsp3) is 0.250. The molecule has 150 valence electrons. The van der Waals surface area contributed by atoms with E-state index in [4.69, 9.17) is 9.47 Å². The second-order valence-corrected chi connectivity index (χ2v) is 5.68. The number of hydrogen-bond acceptors (Lipinski definition) is 4. The highest BCUT2D eigenvalue weighted by Gasteiger charge is 2.28. The van der Waals surface area contributed by atoms with Gasteiger partial charge in [-0.15, -0.1) is 0 Å². The minimum absolute atomic E-state index is 0.109. The lowest BCUT2D eigenvalue weighted by Crippen LogP contribution is -2.20. The number of benzene rings is 2. The van der Waals surface area contributed by atoms with Gasteiger partial charge in [-0.25, -0.2) is 0 Å². The number of methoxy groups -OCH3 is 2. The Hall–Kier alpha value is -3.16. The predicted molar refractivity (Wildman–Crippen MR) is 98.4 cm³/mol. The fourth-order valence-electron chi connectivity index (χ4n) is 2.33. The molecule has 0 aromatic heterocycles. The van der Waals surface area contributed by atoms with Gasteiger partial charge >= 0.3 is 6.18 Å². The summed E-state index contributed by atoms with van der Waals surface area (Å²) in [7, 11) is 3.04. The van der Waals surface area contributed by atoms with Gasteiger partial charge in [0.15, 0.2) is 18.1 Å². The molecule has 0 fully saturated rings. The molecule has 28 heavy (non-hydrogen) atoms. The molecule has 0 aliphatic carbocycles. The molecule has 0 radical (unpaired) electrons. The summed E-state index contributed by atoms with van der Waals surface area (Å²) in [6, 6.07) is 11.3. The average Bonchev–Trinajstić information content (AvgIpc) is 2.68. The maximum atomic E-state index is 12.1. The van der Waals surface area contributed by atoms with Gasteiger partial charge in [-0.3, -0.25) is 4.79 Å². The Bertz CT molecular complexity index is 817. The fourth-order valence-corrected chi connectivity index (χ4v) is 2.33. The second kappa shape index (κ2) is 9.68. The van der Waals surface area contributed by atoms with Gasteiger partial charge in [0.1, 0.15) is 5.75 Å². The Morgan fingerprint density at radius 1 is 1.07 bits per heavy atom. The third kappa shape index (κ3) is 6.53. The molecule has 2 aromatic carbocycles. The summed E-state index contributed by atoms with van der Waals surface area (Å²) in [6.45, 7) is -1.13. The number of amides is 1. The maximum absolute atomic E-state index is 12.1. The van der Waals surface area contributed by atoms with Crippen LogP contribution in [0.2, 0.25) is 0 Å². The minimum atomic E-state index is -4.38. The van der Waals surface area contributed by atoms with Crippen LogP contribution >= 0.6 is 0 Å². The number of carbonyl (C=O) groups is 1. The molecular weight excluding hydrogens is 375 g/mol. The van der Waals surface area contributed by atoms with E-state index in [0.717, 1.165) is 5.56 Å². The molecule has 0 aliphatic rings. The number of nitrogens with one attached hydrogen (secondary N) is 1. The number of halogens is 3. The van der Waals surface area contributed by atoms with Crippen molar-refractivity contribution < 1.29 is 32.2 Å². The molecule has 8 heteroatoms. The third-order valence-corrected chi connectivity index (χ3v) is 3.64. The van der Waals surface area contributed by atoms with Crippen molar-refractivity contribution >= 4 is 12.0 Å². The van der Waals surface area contributed by atoms with Crippen molar-refractivity contribution in [2.45, 2.75) is 12.7 Å². The van der Waals surface area contributed by atoms with E-state index < -0.39 is 12.8 Å². The van der Waals surface area contributed by atoms with Gasteiger partial charge in [0, 0.05) is 18.2 Å². The van der Waals surface area contributed by atoms with Crippen molar-refractivity contribution in [2.75, 3.05) is 20.8 Å². The molecule has 1 amide bonds. The van der Waals surface area contributed by atoms with Gasteiger partial charge in [0.2, 0.25) is 5.91 Å². The quantitative estimate of drug-likeness (QED) is 0.687. The molecule has 0 heterocycles. The van der Waals surface area contributed by atoms with Gasteiger partial charge < -0.3 is 19.5 Å². The standard InChI is InChI=1S/C20H20F3NO4/c1-26-17-5-3-4-15(19(17)27-2)8-11-18(25)24-12-14-6-9-16(10-7-14)28-13-20(21,22)23/h3-11H,12-13H2,1-2H3,(H,24,25)/b11-8+. The van der Waals surface area contributed by atoms with Gasteiger partial charge in [-0.05, 0) is 29.8 Å². The molecule has 0 atom stereocenters. The first-order valence-corrected chi connectivity index (χ1v) is 8.28. The van der Waals surface area contributed by atoms with Gasteiger partial charge in [-0.1, -0.05) is 24.3 Å². The van der Waals surface area contributed by atoms with Crippen LogP contribution < -0.4 is 19.5 Å². The van der Waals surface area contributed by atoms with Crippen molar-refractivity contribution in [1.82, 2.24) is 5.32 Å². The summed E-state index contributed by atoms with van der Waals surface area (Å²) >= 11 is 0. The Balaban J connectivity index is 1.90. The molecule has 0 spiro atoms. The molecular formula is C20H20F3NO4. The Kier molecular flexibility index (Phi) is 7.31. The Morgan fingerprint density at radius 3 is 2.39 bits per heavy atom. The van der Waals surface area contributed by atoms with E-state index in [0.29, 0.717) is 17.1 Å². The van der Waals surface area contributed by atoms with Gasteiger partial charge in [0.25, 0.3) is 0 Å². The maximum Gasteiger partial charge on any atom is 0.422 e. The number of hydrogen-bond donors (Lipinski definition) is 1. The second-order valence-electron chi connectivity index (χ2n) is 5.68. The third-order valence-electron chi connectivity index (χ3n) is 3.64. The SMILES string of the molecule is COc1cccc(/C=C/C(=O)NCc2ccc(OCC(F)(F)F)cc2)c1OC. The highest BCUT2D eigenvalue weighted by molar-refractivity contribution is 5.92. The summed E-state index contributed by atoms with van der Waals surface area (Å²) < 4.78 is 51.5. The smallest absolute Gasteiger partial charge is 0.422 e. The molecule has 0 saturated heterocycles. The van der Waals surface area contributed by atoms with Crippen LogP contribution in [0.3, 0.4) is 0 Å². The van der Waals surface area contributed by atoms with Crippen molar-refractivity contribution in [3.05, 3.63) is 59.7 Å². The van der Waals surface area contributed by atoms with Gasteiger partial charge in [-0.2, -0.15) is 13.2 Å². The van der Waals surface area contributed by atoms with E-state index in [1.54, 1.807) is 36.4 Å². The van der Waals surface area contributed by atoms with E-state index in [1.807, 2.05) is 0 Å². The lowest BCUT2D eigenvalue weighted by Gasteiger charge is -2.10. The zero-order valence-corrected chi connectivity index (χ0v) is 15.4. The Morgan fingerprint density at radius 2 is 1.79 bits per heavy atom. The van der Waals surface area contributed by atoms with Crippen molar-refractivity contribution in [1.29, 1.82) is 0 Å². The number of carbonyl (C=O) groups excluding carboxylic acids is 1. The van der Waals surface area contributed by atoms with E-state index >= 15 is 0 Å². The number of para-hydroxylation sites is 1. The summed E-state index contributed by atoms with van der Waals surface area (Å²) in [4.78, 5) is 12.0. The molecule has 5 nitrogen and oxygen atoms in total. The highest BCUT2D eigenvalue weighted by atomic mass is 19.4. The first kappa shape index (κ1) is 21.1. The molecule has 1 N–H and O–H groups in total. The monoisotopic (exact) mass is 395 g/mol. The molecule has 0 saturated carbocycles. The molecule has 2 rings (SSSR count). The van der Waals surface area contributed by atoms with Crippen LogP contribution in [-0.2, 0) is 11.3 Å². The van der Waals surface area contributed by atoms with E-state index in [2.05, 4.69) is 10.1 Å². The number of ether oxygens (including phenoxy) is 3. The molecule has 0 bridgehead atoms. The van der Waals surface area contributed by atoms with Crippen molar-refractivity contribution in [3.63, 3.8) is 0 Å². The lowest BCUT2D eigenvalue weighted by molar-refractivity contribution is -0.153. The summed E-state index contributed by atoms with van der Waals surface area (Å²) in [5.41, 5.74) is 1.41. The van der Waals surface area contributed by atoms with Crippen molar-refractivity contribution in [2.24, 2.45) is 0 Å². The van der Waals surface area contributed by atoms with Crippen LogP contribution in [0.4, 0.5) is 13.2 Å². The summed E-state index contributed by atoms with van der Waals surface area (Å²) in [6.07, 6.45) is -1.42. The van der Waals surface area contributed by atoms with Crippen LogP contribution in [-0.4, -0.2) is 32.9 Å². The summed E-state index contributed by atoms with van der Waals surface area (Å²) in [5.74, 6) is 0.848. The van der Waals surface area contributed by atoms with Gasteiger partial charge in [0.05, 0.1) is 14.2 Å². The number of rotatable bonds is 8. The first-order valence-electron chi connectivity index (χ1n) is 8.28. The highest BCUT2D eigenvalue weighted by Crippen LogP contribution is 2.31. The van der Waals surface area contributed by atoms with Crippen LogP contribution in [0.15, 0.2) is 48.5 Å². The van der Waals surface area contributed by atoms with Crippen LogP contribution in [0.5, 0.6) is 17.2 Å².